The summed E-state index contributed by atoms with van der Waals surface area (Å²) >= 11 is 0. The van der Waals surface area contributed by atoms with Gasteiger partial charge in [0.2, 0.25) is 0 Å². The van der Waals surface area contributed by atoms with Crippen LogP contribution in [0.5, 0.6) is 0 Å². The molecule has 2 aromatic carbocycles. The molecule has 2 aromatic rings. The van der Waals surface area contributed by atoms with Crippen LogP contribution >= 0.6 is 0 Å². The average molecular weight is 200 g/mol. The average Bonchev–Trinajstić information content (AvgIpc) is 2.29. The maximum absolute atomic E-state index is 10.2. The number of hydrogen-bond donors (Lipinski definition) is 0. The van der Waals surface area contributed by atoms with Gasteiger partial charge in [-0.15, -0.1) is 0 Å². The highest BCUT2D eigenvalue weighted by atomic mass is 16.5. The fourth-order valence-electron chi connectivity index (χ4n) is 1.76. The second-order valence-corrected chi connectivity index (χ2v) is 3.49. The Hall–Kier alpha value is -1.83. The molecule has 0 saturated heterocycles. The Morgan fingerprint density at radius 3 is 2.60 bits per heavy atom. The Balaban J connectivity index is 2.56. The van der Waals surface area contributed by atoms with E-state index in [0.717, 1.165) is 10.9 Å². The van der Waals surface area contributed by atoms with Gasteiger partial charge in [0, 0.05) is 0 Å². The van der Waals surface area contributed by atoms with Gasteiger partial charge >= 0.3 is 0 Å². The number of rotatable bonds is 3. The smallest absolute Gasteiger partial charge is 0.293 e. The van der Waals surface area contributed by atoms with Gasteiger partial charge in [-0.25, -0.2) is 0 Å². The van der Waals surface area contributed by atoms with Crippen LogP contribution in [-0.4, -0.2) is 6.47 Å². The highest BCUT2D eigenvalue weighted by Gasteiger charge is 2.02. The van der Waals surface area contributed by atoms with Crippen LogP contribution in [0.15, 0.2) is 36.4 Å². The molecular weight excluding hydrogens is 188 g/mol. The summed E-state index contributed by atoms with van der Waals surface area (Å²) in [5, 5.41) is 2.36. The van der Waals surface area contributed by atoms with Crippen LogP contribution < -0.4 is 0 Å². The molecule has 0 radical (unpaired) electrons. The minimum Gasteiger partial charge on any atom is -0.463 e. The quantitative estimate of drug-likeness (QED) is 0.712. The predicted molar refractivity (Wildman–Crippen MR) is 59.5 cm³/mol. The summed E-state index contributed by atoms with van der Waals surface area (Å²) in [5.41, 5.74) is 2.28. The Morgan fingerprint density at radius 2 is 1.87 bits per heavy atom. The number of ether oxygens (including phenoxy) is 1. The van der Waals surface area contributed by atoms with E-state index in [1.165, 1.54) is 10.9 Å². The van der Waals surface area contributed by atoms with Crippen molar-refractivity contribution >= 4 is 17.2 Å². The van der Waals surface area contributed by atoms with Gasteiger partial charge in [0.05, 0.1) is 0 Å². The Morgan fingerprint density at radius 1 is 1.13 bits per heavy atom. The molecule has 0 aliphatic carbocycles. The van der Waals surface area contributed by atoms with Crippen molar-refractivity contribution in [1.82, 2.24) is 0 Å². The van der Waals surface area contributed by atoms with Crippen LogP contribution in [0.4, 0.5) is 0 Å². The molecule has 0 bridgehead atoms. The highest BCUT2D eigenvalue weighted by Crippen LogP contribution is 2.22. The Labute approximate surface area is 88.5 Å². The molecule has 0 saturated carbocycles. The van der Waals surface area contributed by atoms with E-state index in [-0.39, 0.29) is 0 Å². The lowest BCUT2D eigenvalue weighted by Crippen LogP contribution is -1.92. The molecule has 2 heteroatoms. The first kappa shape index (κ1) is 9.71. The molecule has 15 heavy (non-hydrogen) atoms. The molecule has 2 nitrogen and oxygen atoms in total. The fourth-order valence-corrected chi connectivity index (χ4v) is 1.76. The highest BCUT2D eigenvalue weighted by molar-refractivity contribution is 5.88. The number of benzene rings is 2. The molecule has 0 unspecified atom stereocenters. The van der Waals surface area contributed by atoms with Crippen molar-refractivity contribution in [1.29, 1.82) is 0 Å². The van der Waals surface area contributed by atoms with Gasteiger partial charge in [-0.05, 0) is 28.8 Å². The number of aryl methyl sites for hydroxylation is 1. The maximum Gasteiger partial charge on any atom is 0.293 e. The Kier molecular flexibility index (Phi) is 2.68. The lowest BCUT2D eigenvalue weighted by atomic mass is 10.0. The summed E-state index contributed by atoms with van der Waals surface area (Å²) in [7, 11) is 0. The third kappa shape index (κ3) is 1.84. The summed E-state index contributed by atoms with van der Waals surface area (Å²) in [4.78, 5) is 10.2. The first-order chi connectivity index (χ1) is 7.33. The van der Waals surface area contributed by atoms with Crippen molar-refractivity contribution < 1.29 is 9.53 Å². The molecule has 0 amide bonds. The summed E-state index contributed by atoms with van der Waals surface area (Å²) in [6.07, 6.45) is 0. The number of hydrogen-bond acceptors (Lipinski definition) is 2. The molecule has 76 valence electrons. The SMILES string of the molecule is Cc1ccc(COC=O)c2ccccc12. The normalized spacial score (nSPS) is 10.2. The minimum absolute atomic E-state index is 0.338. The number of carbonyl (C=O) groups excluding carboxylic acids is 1. The fraction of sp³-hybridized carbons (Fsp3) is 0.154. The minimum atomic E-state index is 0.338. The molecule has 0 aliphatic heterocycles. The molecule has 0 fully saturated rings. The lowest BCUT2D eigenvalue weighted by Gasteiger charge is -2.07. The van der Waals surface area contributed by atoms with Crippen molar-refractivity contribution in [3.8, 4) is 0 Å². The molecule has 2 rings (SSSR count). The number of carbonyl (C=O) groups is 1. The van der Waals surface area contributed by atoms with E-state index in [9.17, 15) is 4.79 Å². The maximum atomic E-state index is 10.2. The zero-order valence-corrected chi connectivity index (χ0v) is 8.57. The second kappa shape index (κ2) is 4.13. The monoisotopic (exact) mass is 200 g/mol. The van der Waals surface area contributed by atoms with E-state index in [4.69, 9.17) is 4.74 Å². The van der Waals surface area contributed by atoms with Gasteiger partial charge < -0.3 is 4.74 Å². The van der Waals surface area contributed by atoms with Gasteiger partial charge in [-0.3, -0.25) is 4.79 Å². The third-order valence-electron chi connectivity index (χ3n) is 2.54. The van der Waals surface area contributed by atoms with E-state index < -0.39 is 0 Å². The van der Waals surface area contributed by atoms with Gasteiger partial charge in [-0.2, -0.15) is 0 Å². The Bertz CT molecular complexity index is 489. The van der Waals surface area contributed by atoms with E-state index in [0.29, 0.717) is 13.1 Å². The first-order valence-corrected chi connectivity index (χ1v) is 4.85. The van der Waals surface area contributed by atoms with Crippen LogP contribution in [0.25, 0.3) is 10.8 Å². The van der Waals surface area contributed by atoms with Crippen LogP contribution in [0, 0.1) is 6.92 Å². The van der Waals surface area contributed by atoms with Crippen molar-refractivity contribution in [2.75, 3.05) is 0 Å². The van der Waals surface area contributed by atoms with E-state index in [1.807, 2.05) is 30.3 Å². The summed E-state index contributed by atoms with van der Waals surface area (Å²) in [6.45, 7) is 2.89. The second-order valence-electron chi connectivity index (χ2n) is 3.49. The van der Waals surface area contributed by atoms with E-state index in [2.05, 4.69) is 13.0 Å². The summed E-state index contributed by atoms with van der Waals surface area (Å²) < 4.78 is 4.79. The van der Waals surface area contributed by atoms with E-state index >= 15 is 0 Å². The predicted octanol–water partition coefficient (Wildman–Crippen LogP) is 2.82. The molecule has 0 N–H and O–H groups in total. The molecule has 0 spiro atoms. The van der Waals surface area contributed by atoms with Crippen LogP contribution in [0.3, 0.4) is 0 Å². The zero-order valence-electron chi connectivity index (χ0n) is 8.57. The standard InChI is InChI=1S/C13H12O2/c1-10-6-7-11(8-15-9-14)13-5-3-2-4-12(10)13/h2-7,9H,8H2,1H3. The number of fused-ring (bicyclic) bond motifs is 1. The lowest BCUT2D eigenvalue weighted by molar-refractivity contribution is -0.129. The van der Waals surface area contributed by atoms with Crippen LogP contribution in [-0.2, 0) is 16.1 Å². The van der Waals surface area contributed by atoms with E-state index in [1.54, 1.807) is 0 Å². The van der Waals surface area contributed by atoms with Gasteiger partial charge in [-0.1, -0.05) is 36.4 Å². The van der Waals surface area contributed by atoms with Gasteiger partial charge in [0.15, 0.2) is 0 Å². The zero-order chi connectivity index (χ0) is 10.7. The van der Waals surface area contributed by atoms with Crippen LogP contribution in [0.2, 0.25) is 0 Å². The molecule has 0 aliphatic rings. The van der Waals surface area contributed by atoms with Crippen LogP contribution in [0.1, 0.15) is 11.1 Å². The topological polar surface area (TPSA) is 26.3 Å². The van der Waals surface area contributed by atoms with Gasteiger partial charge in [0.1, 0.15) is 6.61 Å². The summed E-state index contributed by atoms with van der Waals surface area (Å²) in [6, 6.07) is 12.2. The van der Waals surface area contributed by atoms with Crippen molar-refractivity contribution in [2.24, 2.45) is 0 Å². The molecular formula is C13H12O2. The third-order valence-corrected chi connectivity index (χ3v) is 2.54. The van der Waals surface area contributed by atoms with Crippen molar-refractivity contribution in [2.45, 2.75) is 13.5 Å². The van der Waals surface area contributed by atoms with Crippen molar-refractivity contribution in [3.63, 3.8) is 0 Å². The summed E-state index contributed by atoms with van der Waals surface area (Å²) in [5.74, 6) is 0. The van der Waals surface area contributed by atoms with Crippen molar-refractivity contribution in [3.05, 3.63) is 47.5 Å². The molecule has 0 heterocycles. The van der Waals surface area contributed by atoms with Gasteiger partial charge in [0.25, 0.3) is 6.47 Å². The molecule has 0 aromatic heterocycles. The molecule has 0 atom stereocenters. The first-order valence-electron chi connectivity index (χ1n) is 4.85. The largest absolute Gasteiger partial charge is 0.463 e.